The van der Waals surface area contributed by atoms with Crippen LogP contribution >= 0.6 is 0 Å². The Morgan fingerprint density at radius 2 is 1.71 bits per heavy atom. The van der Waals surface area contributed by atoms with Crippen molar-refractivity contribution in [2.45, 2.75) is 46.6 Å². The minimum absolute atomic E-state index is 0.147. The van der Waals surface area contributed by atoms with Crippen LogP contribution in [-0.2, 0) is 12.0 Å². The van der Waals surface area contributed by atoms with E-state index in [4.69, 9.17) is 10.5 Å². The largest absolute Gasteiger partial charge is 0.456 e. The van der Waals surface area contributed by atoms with Gasteiger partial charge in [0.25, 0.3) is 0 Å². The maximum absolute atomic E-state index is 6.15. The number of ether oxygens (including phenoxy) is 1. The van der Waals surface area contributed by atoms with E-state index in [1.807, 2.05) is 25.1 Å². The Labute approximate surface area is 127 Å². The monoisotopic (exact) mass is 283 g/mol. The number of benzene rings is 2. The first-order valence-electron chi connectivity index (χ1n) is 7.40. The molecule has 2 aromatic carbocycles. The molecule has 2 heteroatoms. The van der Waals surface area contributed by atoms with Crippen molar-refractivity contribution < 1.29 is 4.74 Å². The van der Waals surface area contributed by atoms with Crippen LogP contribution in [0.25, 0.3) is 0 Å². The molecule has 21 heavy (non-hydrogen) atoms. The number of rotatable bonds is 3. The van der Waals surface area contributed by atoms with Gasteiger partial charge < -0.3 is 10.5 Å². The SMILES string of the molecule is Cc1cc(C(C)(C)C)ccc1Oc1c(C)cccc1CN. The molecule has 0 spiro atoms. The second kappa shape index (κ2) is 5.90. The maximum Gasteiger partial charge on any atom is 0.134 e. The first-order valence-corrected chi connectivity index (χ1v) is 7.40. The van der Waals surface area contributed by atoms with Crippen molar-refractivity contribution in [3.63, 3.8) is 0 Å². The average molecular weight is 283 g/mol. The second-order valence-electron chi connectivity index (χ2n) is 6.60. The zero-order valence-electron chi connectivity index (χ0n) is 13.7. The number of hydrogen-bond donors (Lipinski definition) is 1. The summed E-state index contributed by atoms with van der Waals surface area (Å²) in [6.07, 6.45) is 0. The summed E-state index contributed by atoms with van der Waals surface area (Å²) < 4.78 is 6.15. The lowest BCUT2D eigenvalue weighted by atomic mass is 9.86. The summed E-state index contributed by atoms with van der Waals surface area (Å²) in [6.45, 7) is 11.3. The smallest absolute Gasteiger partial charge is 0.134 e. The summed E-state index contributed by atoms with van der Waals surface area (Å²) in [4.78, 5) is 0. The lowest BCUT2D eigenvalue weighted by molar-refractivity contribution is 0.468. The zero-order valence-corrected chi connectivity index (χ0v) is 13.7. The van der Waals surface area contributed by atoms with E-state index < -0.39 is 0 Å². The minimum Gasteiger partial charge on any atom is -0.456 e. The van der Waals surface area contributed by atoms with Gasteiger partial charge in [0.2, 0.25) is 0 Å². The summed E-state index contributed by atoms with van der Waals surface area (Å²) in [5.74, 6) is 1.78. The molecule has 2 rings (SSSR count). The van der Waals surface area contributed by atoms with Gasteiger partial charge in [-0.3, -0.25) is 0 Å². The number of para-hydroxylation sites is 1. The van der Waals surface area contributed by atoms with Crippen LogP contribution in [0.5, 0.6) is 11.5 Å². The van der Waals surface area contributed by atoms with E-state index in [0.29, 0.717) is 6.54 Å². The van der Waals surface area contributed by atoms with Gasteiger partial charge in [0.1, 0.15) is 11.5 Å². The van der Waals surface area contributed by atoms with E-state index in [0.717, 1.165) is 28.2 Å². The Morgan fingerprint density at radius 1 is 1.00 bits per heavy atom. The Bertz CT molecular complexity index is 638. The molecule has 0 unspecified atom stereocenters. The number of aryl methyl sites for hydroxylation is 2. The third-order valence-electron chi connectivity index (χ3n) is 3.77. The van der Waals surface area contributed by atoms with Gasteiger partial charge in [0.05, 0.1) is 0 Å². The van der Waals surface area contributed by atoms with Crippen molar-refractivity contribution in [3.8, 4) is 11.5 Å². The van der Waals surface area contributed by atoms with Crippen LogP contribution in [0.15, 0.2) is 36.4 Å². The predicted molar refractivity (Wildman–Crippen MR) is 89.0 cm³/mol. The van der Waals surface area contributed by atoms with E-state index in [1.165, 1.54) is 5.56 Å². The third-order valence-corrected chi connectivity index (χ3v) is 3.77. The van der Waals surface area contributed by atoms with Crippen LogP contribution in [0.4, 0.5) is 0 Å². The van der Waals surface area contributed by atoms with Crippen molar-refractivity contribution in [1.82, 2.24) is 0 Å². The van der Waals surface area contributed by atoms with Gasteiger partial charge in [0, 0.05) is 12.1 Å². The summed E-state index contributed by atoms with van der Waals surface area (Å²) in [6, 6.07) is 12.5. The maximum atomic E-state index is 6.15. The van der Waals surface area contributed by atoms with Crippen LogP contribution in [-0.4, -0.2) is 0 Å². The molecular weight excluding hydrogens is 258 g/mol. The van der Waals surface area contributed by atoms with Crippen LogP contribution in [0.2, 0.25) is 0 Å². The molecule has 2 aromatic rings. The molecule has 0 saturated heterocycles. The van der Waals surface area contributed by atoms with E-state index in [1.54, 1.807) is 0 Å². The van der Waals surface area contributed by atoms with Gasteiger partial charge in [-0.15, -0.1) is 0 Å². The van der Waals surface area contributed by atoms with Gasteiger partial charge in [-0.25, -0.2) is 0 Å². The van der Waals surface area contributed by atoms with Gasteiger partial charge in [0.15, 0.2) is 0 Å². The van der Waals surface area contributed by atoms with Gasteiger partial charge in [-0.1, -0.05) is 51.1 Å². The van der Waals surface area contributed by atoms with Crippen LogP contribution in [0, 0.1) is 13.8 Å². The van der Waals surface area contributed by atoms with Crippen LogP contribution in [0.1, 0.15) is 43.0 Å². The lowest BCUT2D eigenvalue weighted by Gasteiger charge is -2.21. The van der Waals surface area contributed by atoms with Crippen molar-refractivity contribution in [2.75, 3.05) is 0 Å². The molecule has 0 aliphatic rings. The predicted octanol–water partition coefficient (Wildman–Crippen LogP) is 4.85. The molecule has 0 radical (unpaired) electrons. The molecule has 0 aliphatic carbocycles. The molecule has 0 aromatic heterocycles. The lowest BCUT2D eigenvalue weighted by Crippen LogP contribution is -2.11. The van der Waals surface area contributed by atoms with Crippen molar-refractivity contribution in [3.05, 3.63) is 58.7 Å². The molecule has 0 heterocycles. The highest BCUT2D eigenvalue weighted by molar-refractivity contribution is 5.46. The number of hydrogen-bond acceptors (Lipinski definition) is 2. The summed E-state index contributed by atoms with van der Waals surface area (Å²) in [5, 5.41) is 0. The van der Waals surface area contributed by atoms with E-state index >= 15 is 0 Å². The molecule has 0 bridgehead atoms. The highest BCUT2D eigenvalue weighted by Crippen LogP contribution is 2.33. The van der Waals surface area contributed by atoms with Crippen molar-refractivity contribution >= 4 is 0 Å². The van der Waals surface area contributed by atoms with Crippen molar-refractivity contribution in [1.29, 1.82) is 0 Å². The fourth-order valence-corrected chi connectivity index (χ4v) is 2.36. The summed E-state index contributed by atoms with van der Waals surface area (Å²) in [7, 11) is 0. The molecule has 0 saturated carbocycles. The Balaban J connectivity index is 2.37. The quantitative estimate of drug-likeness (QED) is 0.873. The minimum atomic E-state index is 0.147. The average Bonchev–Trinajstić information content (AvgIpc) is 2.41. The molecule has 112 valence electrons. The number of nitrogens with two attached hydrogens (primary N) is 1. The molecule has 0 atom stereocenters. The van der Waals surface area contributed by atoms with Crippen molar-refractivity contribution in [2.24, 2.45) is 5.73 Å². The summed E-state index contributed by atoms with van der Waals surface area (Å²) in [5.41, 5.74) is 10.6. The zero-order chi connectivity index (χ0) is 15.6. The van der Waals surface area contributed by atoms with E-state index in [-0.39, 0.29) is 5.41 Å². The molecule has 0 amide bonds. The Morgan fingerprint density at radius 3 is 2.29 bits per heavy atom. The molecule has 2 N–H and O–H groups in total. The van der Waals surface area contributed by atoms with Crippen LogP contribution < -0.4 is 10.5 Å². The van der Waals surface area contributed by atoms with Gasteiger partial charge in [-0.05, 0) is 42.0 Å². The summed E-state index contributed by atoms with van der Waals surface area (Å²) >= 11 is 0. The molecule has 0 aliphatic heterocycles. The first-order chi connectivity index (χ1) is 9.82. The normalized spacial score (nSPS) is 11.5. The van der Waals surface area contributed by atoms with E-state index in [9.17, 15) is 0 Å². The Kier molecular flexibility index (Phi) is 4.38. The van der Waals surface area contributed by atoms with Gasteiger partial charge >= 0.3 is 0 Å². The fraction of sp³-hybridized carbons (Fsp3) is 0.368. The standard InChI is InChI=1S/C19H25NO/c1-13-7-6-8-15(12-20)18(13)21-17-10-9-16(11-14(17)2)19(3,4)5/h6-11H,12,20H2,1-5H3. The topological polar surface area (TPSA) is 35.2 Å². The highest BCUT2D eigenvalue weighted by atomic mass is 16.5. The van der Waals surface area contributed by atoms with E-state index in [2.05, 4.69) is 45.9 Å². The fourth-order valence-electron chi connectivity index (χ4n) is 2.36. The van der Waals surface area contributed by atoms with Crippen LogP contribution in [0.3, 0.4) is 0 Å². The Hall–Kier alpha value is -1.80. The third kappa shape index (κ3) is 3.45. The molecule has 2 nitrogen and oxygen atoms in total. The second-order valence-corrected chi connectivity index (χ2v) is 6.60. The van der Waals surface area contributed by atoms with Gasteiger partial charge in [-0.2, -0.15) is 0 Å². The first kappa shape index (κ1) is 15.6. The highest BCUT2D eigenvalue weighted by Gasteiger charge is 2.15. The molecular formula is C19H25NO. The molecule has 0 fully saturated rings.